The minimum Gasteiger partial charge on any atom is -0.352 e. The Hall–Kier alpha value is -4.48. The highest BCUT2D eigenvalue weighted by molar-refractivity contribution is 5.78. The summed E-state index contributed by atoms with van der Waals surface area (Å²) in [4.78, 5) is 11.7. The minimum atomic E-state index is 0.342. The fourth-order valence-electron chi connectivity index (χ4n) is 5.06. The molecule has 5 aromatic rings. The van der Waals surface area contributed by atoms with Crippen molar-refractivity contribution in [1.82, 2.24) is 24.6 Å². The summed E-state index contributed by atoms with van der Waals surface area (Å²) in [6.07, 6.45) is 2.07. The lowest BCUT2D eigenvalue weighted by atomic mass is 10.1. The van der Waals surface area contributed by atoms with E-state index in [9.17, 15) is 0 Å². The Bertz CT molecular complexity index is 1580. The van der Waals surface area contributed by atoms with E-state index in [1.54, 1.807) is 0 Å². The van der Waals surface area contributed by atoms with Crippen LogP contribution in [0, 0.1) is 18.3 Å². The molecule has 8 nitrogen and oxygen atoms in total. The molecule has 8 heteroatoms. The Kier molecular flexibility index (Phi) is 6.59. The van der Waals surface area contributed by atoms with Crippen LogP contribution in [0.5, 0.6) is 0 Å². The van der Waals surface area contributed by atoms with Crippen molar-refractivity contribution in [2.45, 2.75) is 32.4 Å². The van der Waals surface area contributed by atoms with Gasteiger partial charge in [-0.3, -0.25) is 0 Å². The summed E-state index contributed by atoms with van der Waals surface area (Å²) in [7, 11) is 0. The number of nitrogens with zero attached hydrogens (tertiary/aromatic N) is 6. The lowest BCUT2D eigenvalue weighted by Crippen LogP contribution is -2.28. The first-order chi connectivity index (χ1) is 18.6. The Balaban J connectivity index is 1.09. The van der Waals surface area contributed by atoms with E-state index >= 15 is 0 Å². The number of likely N-dealkylation sites (tertiary alicyclic amines) is 1. The summed E-state index contributed by atoms with van der Waals surface area (Å²) in [5.41, 5.74) is 6.15. The number of aryl methyl sites for hydroxylation is 1. The molecule has 1 atom stereocenters. The lowest BCUT2D eigenvalue weighted by Gasteiger charge is -2.18. The number of rotatable bonds is 8. The minimum absolute atomic E-state index is 0.342. The molecule has 6 rings (SSSR count). The van der Waals surface area contributed by atoms with Gasteiger partial charge in [-0.2, -0.15) is 10.2 Å². The van der Waals surface area contributed by atoms with Gasteiger partial charge in [-0.15, -0.1) is 0 Å². The van der Waals surface area contributed by atoms with Gasteiger partial charge in [0.1, 0.15) is 0 Å². The molecule has 0 radical (unpaired) electrons. The van der Waals surface area contributed by atoms with Gasteiger partial charge in [-0.25, -0.2) is 4.98 Å². The van der Waals surface area contributed by atoms with Crippen LogP contribution in [0.25, 0.3) is 22.5 Å². The highest BCUT2D eigenvalue weighted by atomic mass is 16.5. The maximum Gasteiger partial charge on any atom is 0.257 e. The van der Waals surface area contributed by atoms with Crippen molar-refractivity contribution in [3.8, 4) is 17.5 Å². The zero-order chi connectivity index (χ0) is 25.9. The first-order valence-electron chi connectivity index (χ1n) is 13.0. The Morgan fingerprint density at radius 2 is 1.79 bits per heavy atom. The molecule has 0 saturated carbocycles. The van der Waals surface area contributed by atoms with Gasteiger partial charge in [-0.05, 0) is 67.3 Å². The van der Waals surface area contributed by atoms with Gasteiger partial charge in [0.15, 0.2) is 5.82 Å². The van der Waals surface area contributed by atoms with Crippen LogP contribution in [0.4, 0.5) is 5.95 Å². The van der Waals surface area contributed by atoms with Gasteiger partial charge >= 0.3 is 0 Å². The van der Waals surface area contributed by atoms with Crippen LogP contribution >= 0.6 is 0 Å². The van der Waals surface area contributed by atoms with Crippen LogP contribution in [0.15, 0.2) is 77.3 Å². The normalized spacial score (nSPS) is 15.6. The van der Waals surface area contributed by atoms with Gasteiger partial charge < -0.3 is 19.3 Å². The molecular weight excluding hydrogens is 474 g/mol. The number of nitrogens with one attached hydrogen (secondary N) is 1. The Labute approximate surface area is 221 Å². The molecule has 2 aromatic heterocycles. The van der Waals surface area contributed by atoms with Gasteiger partial charge in [0.05, 0.1) is 29.2 Å². The van der Waals surface area contributed by atoms with Gasteiger partial charge in [0.25, 0.3) is 5.89 Å². The number of fused-ring (bicyclic) bond motifs is 1. The third-order valence-corrected chi connectivity index (χ3v) is 7.13. The molecule has 0 amide bonds. The standard InChI is InChI=1S/C30H29N7O/c1-21-32-29(38-35-21)25-12-10-22(11-13-25)14-16-36-17-15-26(20-36)33-30-34-27-4-2-3-5-28(27)37(30)19-24-8-6-23(18-31)7-9-24/h2-13,26H,14-17,19-20H2,1H3,(H,33,34)/t26-/m1/s1. The number of hydrogen-bond acceptors (Lipinski definition) is 7. The number of hydrogen-bond donors (Lipinski definition) is 1. The zero-order valence-corrected chi connectivity index (χ0v) is 21.3. The second kappa shape index (κ2) is 10.5. The molecule has 1 saturated heterocycles. The first-order valence-corrected chi connectivity index (χ1v) is 13.0. The summed E-state index contributed by atoms with van der Waals surface area (Å²) in [6.45, 7) is 5.58. The number of nitriles is 1. The van der Waals surface area contributed by atoms with Crippen molar-refractivity contribution in [1.29, 1.82) is 5.26 Å². The zero-order valence-electron chi connectivity index (χ0n) is 21.3. The van der Waals surface area contributed by atoms with E-state index in [2.05, 4.69) is 73.5 Å². The smallest absolute Gasteiger partial charge is 0.257 e. The van der Waals surface area contributed by atoms with Crippen molar-refractivity contribution < 1.29 is 4.52 Å². The number of imidazole rings is 1. The molecule has 38 heavy (non-hydrogen) atoms. The molecule has 0 spiro atoms. The van der Waals surface area contributed by atoms with Crippen molar-refractivity contribution in [3.63, 3.8) is 0 Å². The van der Waals surface area contributed by atoms with E-state index < -0.39 is 0 Å². The summed E-state index contributed by atoms with van der Waals surface area (Å²) >= 11 is 0. The second-order valence-electron chi connectivity index (χ2n) is 9.84. The third-order valence-electron chi connectivity index (χ3n) is 7.13. The van der Waals surface area contributed by atoms with E-state index in [4.69, 9.17) is 14.8 Å². The Morgan fingerprint density at radius 3 is 2.55 bits per heavy atom. The second-order valence-corrected chi connectivity index (χ2v) is 9.84. The van der Waals surface area contributed by atoms with E-state index in [0.29, 0.717) is 29.9 Å². The van der Waals surface area contributed by atoms with Gasteiger partial charge in [0, 0.05) is 31.2 Å². The molecule has 1 N–H and O–H groups in total. The summed E-state index contributed by atoms with van der Waals surface area (Å²) < 4.78 is 7.51. The first kappa shape index (κ1) is 23.9. The number of anilines is 1. The average Bonchev–Trinajstić information content (AvgIpc) is 3.68. The summed E-state index contributed by atoms with van der Waals surface area (Å²) in [5, 5.41) is 16.7. The van der Waals surface area contributed by atoms with E-state index in [1.807, 2.05) is 37.3 Å². The molecule has 1 fully saturated rings. The fraction of sp³-hybridized carbons (Fsp3) is 0.267. The number of benzene rings is 3. The highest BCUT2D eigenvalue weighted by Gasteiger charge is 2.24. The molecule has 0 aliphatic carbocycles. The molecule has 190 valence electrons. The van der Waals surface area contributed by atoms with Crippen molar-refractivity contribution >= 4 is 17.0 Å². The van der Waals surface area contributed by atoms with Crippen LogP contribution in [0.1, 0.15) is 28.9 Å². The highest BCUT2D eigenvalue weighted by Crippen LogP contribution is 2.24. The molecule has 0 unspecified atom stereocenters. The molecule has 1 aliphatic rings. The molecule has 0 bridgehead atoms. The molecule has 1 aliphatic heterocycles. The maximum atomic E-state index is 9.12. The van der Waals surface area contributed by atoms with Gasteiger partial charge in [0.2, 0.25) is 5.95 Å². The number of aromatic nitrogens is 4. The molecule has 3 aromatic carbocycles. The van der Waals surface area contributed by atoms with Crippen molar-refractivity contribution in [2.75, 3.05) is 25.0 Å². The predicted molar refractivity (Wildman–Crippen MR) is 147 cm³/mol. The van der Waals surface area contributed by atoms with E-state index in [-0.39, 0.29) is 0 Å². The quantitative estimate of drug-likeness (QED) is 0.317. The monoisotopic (exact) mass is 503 g/mol. The lowest BCUT2D eigenvalue weighted by molar-refractivity contribution is 0.340. The summed E-state index contributed by atoms with van der Waals surface area (Å²) in [5.74, 6) is 2.10. The van der Waals surface area contributed by atoms with Gasteiger partial charge in [-0.1, -0.05) is 41.6 Å². The van der Waals surface area contributed by atoms with Crippen LogP contribution in [-0.4, -0.2) is 50.3 Å². The van der Waals surface area contributed by atoms with Crippen LogP contribution in [0.2, 0.25) is 0 Å². The Morgan fingerprint density at radius 1 is 1.00 bits per heavy atom. The third kappa shape index (κ3) is 5.15. The van der Waals surface area contributed by atoms with E-state index in [1.165, 1.54) is 5.56 Å². The number of para-hydroxylation sites is 2. The van der Waals surface area contributed by atoms with Crippen LogP contribution < -0.4 is 5.32 Å². The van der Waals surface area contributed by atoms with Crippen molar-refractivity contribution in [2.24, 2.45) is 0 Å². The SMILES string of the molecule is Cc1noc(-c2ccc(CCN3CC[C@@H](Nc4nc5ccccc5n4Cc4ccc(C#N)cc4)C3)cc2)n1. The van der Waals surface area contributed by atoms with Crippen LogP contribution in [-0.2, 0) is 13.0 Å². The van der Waals surface area contributed by atoms with Crippen LogP contribution in [0.3, 0.4) is 0 Å². The molecule has 3 heterocycles. The summed E-state index contributed by atoms with van der Waals surface area (Å²) in [6, 6.07) is 27.0. The largest absolute Gasteiger partial charge is 0.352 e. The molecular formula is C30H29N7O. The fourth-order valence-corrected chi connectivity index (χ4v) is 5.06. The maximum absolute atomic E-state index is 9.12. The average molecular weight is 504 g/mol. The topological polar surface area (TPSA) is 95.8 Å². The van der Waals surface area contributed by atoms with E-state index in [0.717, 1.165) is 60.6 Å². The predicted octanol–water partition coefficient (Wildman–Crippen LogP) is 5.04. The van der Waals surface area contributed by atoms with Crippen molar-refractivity contribution in [3.05, 3.63) is 95.3 Å².